The molecular weight excluding hydrogens is 407 g/mol. The maximum atomic E-state index is 13.5. The molecule has 0 saturated carbocycles. The second-order valence-corrected chi connectivity index (χ2v) is 7.38. The van der Waals surface area contributed by atoms with Crippen molar-refractivity contribution >= 4 is 29.4 Å². The van der Waals surface area contributed by atoms with Gasteiger partial charge in [0.1, 0.15) is 28.4 Å². The van der Waals surface area contributed by atoms with Crippen molar-refractivity contribution in [3.8, 4) is 5.75 Å². The van der Waals surface area contributed by atoms with Crippen LogP contribution in [-0.4, -0.2) is 41.9 Å². The van der Waals surface area contributed by atoms with E-state index in [2.05, 4.69) is 10.3 Å². The van der Waals surface area contributed by atoms with Gasteiger partial charge in [0.15, 0.2) is 5.58 Å². The molecule has 3 aromatic rings. The number of furan rings is 1. The molecule has 0 bridgehead atoms. The van der Waals surface area contributed by atoms with Gasteiger partial charge in [-0.25, -0.2) is 14.2 Å². The summed E-state index contributed by atoms with van der Waals surface area (Å²) in [5, 5.41) is 4.68. The Hall–Kier alpha value is -3.95. The first-order valence-corrected chi connectivity index (χ1v) is 9.37. The van der Waals surface area contributed by atoms with Crippen LogP contribution in [0, 0.1) is 5.82 Å². The lowest BCUT2D eigenvalue weighted by Gasteiger charge is -2.32. The zero-order valence-electron chi connectivity index (χ0n) is 16.8. The van der Waals surface area contributed by atoms with Crippen LogP contribution in [0.2, 0.25) is 0 Å². The second kappa shape index (κ2) is 7.71. The molecule has 1 aromatic carbocycles. The number of aromatic nitrogens is 1. The van der Waals surface area contributed by atoms with Crippen molar-refractivity contribution in [2.24, 2.45) is 0 Å². The van der Waals surface area contributed by atoms with Crippen molar-refractivity contribution in [3.05, 3.63) is 59.2 Å². The van der Waals surface area contributed by atoms with Gasteiger partial charge in [0.25, 0.3) is 5.91 Å². The number of imide groups is 1. The number of carbonyl (C=O) groups is 3. The van der Waals surface area contributed by atoms with Crippen molar-refractivity contribution in [1.82, 2.24) is 20.5 Å². The Labute approximate surface area is 176 Å². The predicted molar refractivity (Wildman–Crippen MR) is 107 cm³/mol. The average molecular weight is 426 g/mol. The van der Waals surface area contributed by atoms with E-state index in [9.17, 15) is 18.8 Å². The molecule has 0 fully saturated rings. The minimum Gasteiger partial charge on any atom is -0.497 e. The largest absolute Gasteiger partial charge is 0.497 e. The summed E-state index contributed by atoms with van der Waals surface area (Å²) in [6, 6.07) is 7.21. The first-order chi connectivity index (χ1) is 14.8. The van der Waals surface area contributed by atoms with Gasteiger partial charge in [-0.2, -0.15) is 0 Å². The van der Waals surface area contributed by atoms with E-state index < -0.39 is 17.4 Å². The number of carbonyl (C=O) groups excluding carboxylic acids is 3. The zero-order chi connectivity index (χ0) is 22.2. The third kappa shape index (κ3) is 3.79. The van der Waals surface area contributed by atoms with Crippen LogP contribution in [-0.2, 0) is 16.9 Å². The average Bonchev–Trinajstić information content (AvgIpc) is 3.29. The molecule has 0 saturated heterocycles. The second-order valence-electron chi connectivity index (χ2n) is 7.38. The first-order valence-electron chi connectivity index (χ1n) is 9.37. The minimum atomic E-state index is -1.24. The number of methoxy groups -OCH3 is 1. The maximum absolute atomic E-state index is 13.5. The zero-order valence-corrected chi connectivity index (χ0v) is 16.8. The van der Waals surface area contributed by atoms with Crippen molar-refractivity contribution in [1.29, 1.82) is 0 Å². The molecule has 0 spiro atoms. The van der Waals surface area contributed by atoms with Crippen molar-refractivity contribution in [2.45, 2.75) is 19.0 Å². The van der Waals surface area contributed by atoms with E-state index in [-0.39, 0.29) is 30.2 Å². The highest BCUT2D eigenvalue weighted by molar-refractivity contribution is 5.99. The number of amides is 4. The molecule has 3 heterocycles. The Bertz CT molecular complexity index is 1190. The number of fused-ring (bicyclic) bond motifs is 2. The Morgan fingerprint density at radius 1 is 1.39 bits per heavy atom. The van der Waals surface area contributed by atoms with E-state index in [1.807, 2.05) is 11.4 Å². The molecule has 2 N–H and O–H groups in total. The van der Waals surface area contributed by atoms with Gasteiger partial charge in [0.2, 0.25) is 6.41 Å². The SMILES string of the molecule is COc1ccc2c(c1)C(=O)N(CC(C)(NC(=O)NC=O)c1cc3ncc(F)cc3o1)C2. The van der Waals surface area contributed by atoms with Gasteiger partial charge in [0, 0.05) is 24.2 Å². The van der Waals surface area contributed by atoms with E-state index >= 15 is 0 Å². The lowest BCUT2D eigenvalue weighted by atomic mass is 9.98. The minimum absolute atomic E-state index is 0.0252. The normalized spacial score (nSPS) is 14.8. The summed E-state index contributed by atoms with van der Waals surface area (Å²) < 4.78 is 24.5. The molecule has 9 nitrogen and oxygen atoms in total. The molecule has 31 heavy (non-hydrogen) atoms. The number of urea groups is 1. The topological polar surface area (TPSA) is 114 Å². The number of hydrogen-bond donors (Lipinski definition) is 2. The standard InChI is InChI=1S/C21H19FN4O5/c1-21(25-20(29)24-11-27,18-7-16-17(31-18)5-13(22)8-23-16)10-26-9-12-3-4-14(30-2)6-15(12)19(26)28/h3-8,11H,9-10H2,1-2H3,(H2,24,25,27,29). The third-order valence-corrected chi connectivity index (χ3v) is 5.16. The highest BCUT2D eigenvalue weighted by Crippen LogP contribution is 2.32. The summed E-state index contributed by atoms with van der Waals surface area (Å²) in [4.78, 5) is 41.4. The summed E-state index contributed by atoms with van der Waals surface area (Å²) in [7, 11) is 1.52. The molecule has 160 valence electrons. The molecule has 0 radical (unpaired) electrons. The van der Waals surface area contributed by atoms with E-state index in [4.69, 9.17) is 9.15 Å². The quantitative estimate of drug-likeness (QED) is 0.585. The Balaban J connectivity index is 1.68. The molecule has 2 aromatic heterocycles. The summed E-state index contributed by atoms with van der Waals surface area (Å²) in [6.45, 7) is 1.98. The first kappa shape index (κ1) is 20.3. The molecule has 1 aliphatic rings. The van der Waals surface area contributed by atoms with E-state index in [1.165, 1.54) is 13.2 Å². The fourth-order valence-corrected chi connectivity index (χ4v) is 3.66. The molecule has 1 unspecified atom stereocenters. The van der Waals surface area contributed by atoms with Gasteiger partial charge in [-0.05, 0) is 24.6 Å². The van der Waals surface area contributed by atoms with Crippen LogP contribution in [0.3, 0.4) is 0 Å². The molecule has 1 atom stereocenters. The van der Waals surface area contributed by atoms with Crippen molar-refractivity contribution in [3.63, 3.8) is 0 Å². The third-order valence-electron chi connectivity index (χ3n) is 5.16. The van der Waals surface area contributed by atoms with Gasteiger partial charge in [-0.1, -0.05) is 6.07 Å². The summed E-state index contributed by atoms with van der Waals surface area (Å²) >= 11 is 0. The number of benzene rings is 1. The number of pyridine rings is 1. The number of halogens is 1. The van der Waals surface area contributed by atoms with Crippen LogP contribution >= 0.6 is 0 Å². The highest BCUT2D eigenvalue weighted by Gasteiger charge is 2.39. The number of rotatable bonds is 6. The number of nitrogens with one attached hydrogen (secondary N) is 2. The van der Waals surface area contributed by atoms with Gasteiger partial charge in [0.05, 0.1) is 19.9 Å². The Morgan fingerprint density at radius 3 is 2.94 bits per heavy atom. The monoisotopic (exact) mass is 426 g/mol. The smallest absolute Gasteiger partial charge is 0.322 e. The van der Waals surface area contributed by atoms with Gasteiger partial charge < -0.3 is 19.4 Å². The Morgan fingerprint density at radius 2 is 2.19 bits per heavy atom. The molecule has 4 rings (SSSR count). The predicted octanol–water partition coefficient (Wildman–Crippen LogP) is 2.30. The number of ether oxygens (including phenoxy) is 1. The molecule has 1 aliphatic heterocycles. The fraction of sp³-hybridized carbons (Fsp3) is 0.238. The van der Waals surface area contributed by atoms with Crippen LogP contribution < -0.4 is 15.4 Å². The molecule has 10 heteroatoms. The fourth-order valence-electron chi connectivity index (χ4n) is 3.66. The van der Waals surface area contributed by atoms with Crippen LogP contribution in [0.5, 0.6) is 5.75 Å². The van der Waals surface area contributed by atoms with E-state index in [1.54, 1.807) is 30.0 Å². The van der Waals surface area contributed by atoms with Crippen LogP contribution in [0.25, 0.3) is 11.1 Å². The Kier molecular flexibility index (Phi) is 5.05. The lowest BCUT2D eigenvalue weighted by Crippen LogP contribution is -2.53. The van der Waals surface area contributed by atoms with Crippen LogP contribution in [0.1, 0.15) is 28.6 Å². The van der Waals surface area contributed by atoms with Crippen molar-refractivity contribution in [2.75, 3.05) is 13.7 Å². The van der Waals surface area contributed by atoms with E-state index in [0.29, 0.717) is 23.4 Å². The highest BCUT2D eigenvalue weighted by atomic mass is 19.1. The van der Waals surface area contributed by atoms with Crippen LogP contribution in [0.4, 0.5) is 9.18 Å². The molecule has 0 aliphatic carbocycles. The maximum Gasteiger partial charge on any atom is 0.322 e. The lowest BCUT2D eigenvalue weighted by molar-refractivity contribution is -0.108. The van der Waals surface area contributed by atoms with Crippen LogP contribution in [0.15, 0.2) is 40.9 Å². The summed E-state index contributed by atoms with van der Waals surface area (Å²) in [5.41, 5.74) is 0.665. The summed E-state index contributed by atoms with van der Waals surface area (Å²) in [5.74, 6) is 0.00690. The van der Waals surface area contributed by atoms with Gasteiger partial charge in [-0.15, -0.1) is 0 Å². The van der Waals surface area contributed by atoms with Gasteiger partial charge in [-0.3, -0.25) is 14.9 Å². The number of nitrogens with zero attached hydrogens (tertiary/aromatic N) is 2. The van der Waals surface area contributed by atoms with E-state index in [0.717, 1.165) is 11.8 Å². The van der Waals surface area contributed by atoms with Crippen molar-refractivity contribution < 1.29 is 27.9 Å². The summed E-state index contributed by atoms with van der Waals surface area (Å²) in [6.07, 6.45) is 1.30. The van der Waals surface area contributed by atoms with Gasteiger partial charge >= 0.3 is 6.03 Å². The number of hydrogen-bond acceptors (Lipinski definition) is 6. The molecular formula is C21H19FN4O5. The molecule has 4 amide bonds.